The molecule has 0 fully saturated rings. The fourth-order valence-corrected chi connectivity index (χ4v) is 3.24. The molecule has 0 aliphatic heterocycles. The Labute approximate surface area is 160 Å². The van der Waals surface area contributed by atoms with Crippen LogP contribution >= 0.6 is 0 Å². The lowest BCUT2D eigenvalue weighted by molar-refractivity contribution is 0.125. The van der Waals surface area contributed by atoms with Crippen LogP contribution in [0.5, 0.6) is 0 Å². The van der Waals surface area contributed by atoms with Gasteiger partial charge in [0.15, 0.2) is 0 Å². The Morgan fingerprint density at radius 3 is 1.40 bits per heavy atom. The Kier molecular flexibility index (Phi) is 21.5. The molecule has 0 bridgehead atoms. The first kappa shape index (κ1) is 24.7. The molecular formula is C24H48O. The highest BCUT2D eigenvalue weighted by atomic mass is 16.5. The van der Waals surface area contributed by atoms with Crippen molar-refractivity contribution in [3.8, 4) is 0 Å². The predicted octanol–water partition coefficient (Wildman–Crippen LogP) is 8.62. The summed E-state index contributed by atoms with van der Waals surface area (Å²) in [6, 6.07) is 0. The van der Waals surface area contributed by atoms with Crippen LogP contribution < -0.4 is 0 Å². The molecule has 0 heterocycles. The Morgan fingerprint density at radius 2 is 0.960 bits per heavy atom. The van der Waals surface area contributed by atoms with Crippen molar-refractivity contribution in [2.75, 3.05) is 13.2 Å². The molecule has 0 atom stereocenters. The maximum atomic E-state index is 5.76. The summed E-state index contributed by atoms with van der Waals surface area (Å²) >= 11 is 0. The average molecular weight is 353 g/mol. The second-order valence-electron chi connectivity index (χ2n) is 7.99. The molecule has 0 amide bonds. The highest BCUT2D eigenvalue weighted by Crippen LogP contribution is 2.11. The molecule has 0 radical (unpaired) electrons. The zero-order valence-electron chi connectivity index (χ0n) is 17.9. The van der Waals surface area contributed by atoms with Crippen molar-refractivity contribution in [1.29, 1.82) is 0 Å². The Bertz CT molecular complexity index is 265. The summed E-state index contributed by atoms with van der Waals surface area (Å²) in [5.41, 5.74) is 1.46. The second-order valence-corrected chi connectivity index (χ2v) is 7.99. The summed E-state index contributed by atoms with van der Waals surface area (Å²) in [6.45, 7) is 8.64. The molecule has 0 rings (SSSR count). The first-order chi connectivity index (χ1) is 12.3. The van der Waals surface area contributed by atoms with Gasteiger partial charge in [-0.2, -0.15) is 0 Å². The van der Waals surface area contributed by atoms with Gasteiger partial charge >= 0.3 is 0 Å². The number of unbranched alkanes of at least 4 members (excludes halogenated alkanes) is 15. The number of ether oxygens (including phenoxy) is 1. The fourth-order valence-electron chi connectivity index (χ4n) is 3.24. The van der Waals surface area contributed by atoms with E-state index in [0.29, 0.717) is 0 Å². The third-order valence-electron chi connectivity index (χ3n) is 4.94. The average Bonchev–Trinajstić information content (AvgIpc) is 2.60. The second kappa shape index (κ2) is 21.7. The summed E-state index contributed by atoms with van der Waals surface area (Å²) < 4.78 is 5.76. The molecular weight excluding hydrogens is 304 g/mol. The van der Waals surface area contributed by atoms with E-state index in [1.807, 2.05) is 0 Å². The van der Waals surface area contributed by atoms with Crippen LogP contribution in [0.4, 0.5) is 0 Å². The van der Waals surface area contributed by atoms with Gasteiger partial charge in [-0.3, -0.25) is 0 Å². The molecule has 0 unspecified atom stereocenters. The van der Waals surface area contributed by atoms with Crippen molar-refractivity contribution in [1.82, 2.24) is 0 Å². The van der Waals surface area contributed by atoms with Crippen molar-refractivity contribution in [3.63, 3.8) is 0 Å². The van der Waals surface area contributed by atoms with E-state index in [9.17, 15) is 0 Å². The van der Waals surface area contributed by atoms with Gasteiger partial charge < -0.3 is 4.74 Å². The molecule has 25 heavy (non-hydrogen) atoms. The van der Waals surface area contributed by atoms with Gasteiger partial charge in [0.05, 0.1) is 0 Å². The van der Waals surface area contributed by atoms with E-state index < -0.39 is 0 Å². The summed E-state index contributed by atoms with van der Waals surface area (Å²) in [5, 5.41) is 0. The van der Waals surface area contributed by atoms with Gasteiger partial charge in [0, 0.05) is 13.2 Å². The van der Waals surface area contributed by atoms with E-state index in [1.54, 1.807) is 0 Å². The molecule has 0 saturated heterocycles. The molecule has 1 heteroatoms. The van der Waals surface area contributed by atoms with Crippen molar-refractivity contribution >= 4 is 0 Å². The minimum atomic E-state index is 0.985. The predicted molar refractivity (Wildman–Crippen MR) is 114 cm³/mol. The Hall–Kier alpha value is -0.300. The molecule has 0 spiro atoms. The first-order valence-electron chi connectivity index (χ1n) is 11.5. The lowest BCUT2D eigenvalue weighted by Gasteiger charge is -2.05. The van der Waals surface area contributed by atoms with E-state index in [-0.39, 0.29) is 0 Å². The zero-order valence-corrected chi connectivity index (χ0v) is 17.9. The van der Waals surface area contributed by atoms with Gasteiger partial charge in [0.2, 0.25) is 0 Å². The summed E-state index contributed by atoms with van der Waals surface area (Å²) in [4.78, 5) is 0. The summed E-state index contributed by atoms with van der Waals surface area (Å²) in [5.74, 6) is 0. The van der Waals surface area contributed by atoms with Gasteiger partial charge in [0.25, 0.3) is 0 Å². The molecule has 0 aromatic rings. The minimum Gasteiger partial charge on any atom is -0.381 e. The molecule has 0 aromatic heterocycles. The summed E-state index contributed by atoms with van der Waals surface area (Å²) in [7, 11) is 0. The highest BCUT2D eigenvalue weighted by molar-refractivity contribution is 4.92. The van der Waals surface area contributed by atoms with Gasteiger partial charge in [-0.05, 0) is 39.5 Å². The van der Waals surface area contributed by atoms with E-state index in [4.69, 9.17) is 4.74 Å². The third kappa shape index (κ3) is 23.7. The van der Waals surface area contributed by atoms with Crippen LogP contribution in [0.15, 0.2) is 11.6 Å². The van der Waals surface area contributed by atoms with Crippen LogP contribution in [0, 0.1) is 0 Å². The van der Waals surface area contributed by atoms with Crippen molar-refractivity contribution in [3.05, 3.63) is 11.6 Å². The van der Waals surface area contributed by atoms with Crippen LogP contribution in [-0.2, 0) is 4.74 Å². The Morgan fingerprint density at radius 1 is 0.560 bits per heavy atom. The van der Waals surface area contributed by atoms with Gasteiger partial charge in [-0.25, -0.2) is 0 Å². The maximum Gasteiger partial charge on any atom is 0.0466 e. The van der Waals surface area contributed by atoms with Crippen molar-refractivity contribution in [2.24, 2.45) is 0 Å². The van der Waals surface area contributed by atoms with Crippen molar-refractivity contribution < 1.29 is 4.74 Å². The summed E-state index contributed by atoms with van der Waals surface area (Å²) in [6.07, 6.45) is 25.8. The number of hydrogen-bond donors (Lipinski definition) is 0. The lowest BCUT2D eigenvalue weighted by atomic mass is 10.1. The van der Waals surface area contributed by atoms with Crippen LogP contribution in [0.25, 0.3) is 0 Å². The zero-order chi connectivity index (χ0) is 18.4. The van der Waals surface area contributed by atoms with Gasteiger partial charge in [-0.1, -0.05) is 102 Å². The molecule has 0 aliphatic rings. The van der Waals surface area contributed by atoms with Gasteiger partial charge in [-0.15, -0.1) is 0 Å². The monoisotopic (exact) mass is 352 g/mol. The lowest BCUT2D eigenvalue weighted by Crippen LogP contribution is -1.97. The van der Waals surface area contributed by atoms with Gasteiger partial charge in [0.1, 0.15) is 0 Å². The number of hydrogen-bond acceptors (Lipinski definition) is 1. The molecule has 150 valence electrons. The van der Waals surface area contributed by atoms with Crippen molar-refractivity contribution in [2.45, 2.75) is 130 Å². The van der Waals surface area contributed by atoms with E-state index >= 15 is 0 Å². The van der Waals surface area contributed by atoms with E-state index in [1.165, 1.54) is 115 Å². The number of rotatable bonds is 20. The molecule has 1 nitrogen and oxygen atoms in total. The molecule has 0 N–H and O–H groups in total. The van der Waals surface area contributed by atoms with Crippen LogP contribution in [0.3, 0.4) is 0 Å². The third-order valence-corrected chi connectivity index (χ3v) is 4.94. The fraction of sp³-hybridized carbons (Fsp3) is 0.917. The molecule has 0 saturated carbocycles. The topological polar surface area (TPSA) is 9.23 Å². The number of allylic oxidation sites excluding steroid dienone is 2. The highest BCUT2D eigenvalue weighted by Gasteiger charge is 1.94. The molecule has 0 aliphatic carbocycles. The van der Waals surface area contributed by atoms with E-state index in [2.05, 4.69) is 26.8 Å². The standard InChI is InChI=1S/C24H48O/c1-4-5-6-7-8-13-16-19-22-25-23-20-17-14-11-9-10-12-15-18-21-24(2)3/h21H,4-20,22-23H2,1-3H3. The smallest absolute Gasteiger partial charge is 0.0466 e. The molecule has 0 aromatic carbocycles. The first-order valence-corrected chi connectivity index (χ1v) is 11.5. The normalized spacial score (nSPS) is 11.0. The Balaban J connectivity index is 2.99. The largest absolute Gasteiger partial charge is 0.381 e. The quantitative estimate of drug-likeness (QED) is 0.157. The minimum absolute atomic E-state index is 0.985. The van der Waals surface area contributed by atoms with Crippen LogP contribution in [0.2, 0.25) is 0 Å². The van der Waals surface area contributed by atoms with Crippen LogP contribution in [-0.4, -0.2) is 13.2 Å². The maximum absolute atomic E-state index is 5.76. The van der Waals surface area contributed by atoms with Crippen LogP contribution in [0.1, 0.15) is 130 Å². The van der Waals surface area contributed by atoms with E-state index in [0.717, 1.165) is 13.2 Å². The SMILES string of the molecule is CCCCCCCCCCOCCCCCCCCCCC=C(C)C.